The Morgan fingerprint density at radius 2 is 1.52 bits per heavy atom. The molecule has 2 aliphatic heterocycles. The predicted octanol–water partition coefficient (Wildman–Crippen LogP) is 3.47. The predicted molar refractivity (Wildman–Crippen MR) is 123 cm³/mol. The van der Waals surface area contributed by atoms with Crippen LogP contribution in [0.2, 0.25) is 0 Å². The standard InChI is InChI=1S/C23H32N6O2/c1-3-31-20-6-4-19(5-7-20)24-23(30)29-16-14-28(15-17-29)22-9-8-21(25-26-22)27-12-10-18(2)11-13-27/h4-9,18H,3,10-17H2,1-2H3,(H,24,30). The molecule has 2 saturated heterocycles. The van der Waals surface area contributed by atoms with Gasteiger partial charge in [0.25, 0.3) is 0 Å². The lowest BCUT2D eigenvalue weighted by Gasteiger charge is -2.35. The number of rotatable bonds is 5. The number of hydrogen-bond donors (Lipinski definition) is 1. The Bertz CT molecular complexity index is 841. The molecule has 1 aromatic carbocycles. The zero-order chi connectivity index (χ0) is 21.6. The van der Waals surface area contributed by atoms with Crippen molar-refractivity contribution in [2.24, 2.45) is 5.92 Å². The number of piperazine rings is 1. The van der Waals surface area contributed by atoms with Crippen LogP contribution in [0.1, 0.15) is 26.7 Å². The van der Waals surface area contributed by atoms with Crippen LogP contribution >= 0.6 is 0 Å². The molecule has 166 valence electrons. The number of anilines is 3. The van der Waals surface area contributed by atoms with Gasteiger partial charge in [0.1, 0.15) is 5.75 Å². The first-order valence-corrected chi connectivity index (χ1v) is 11.2. The van der Waals surface area contributed by atoms with Gasteiger partial charge in [0.2, 0.25) is 0 Å². The fourth-order valence-corrected chi connectivity index (χ4v) is 4.04. The number of ether oxygens (including phenoxy) is 1. The van der Waals surface area contributed by atoms with Gasteiger partial charge in [-0.1, -0.05) is 6.92 Å². The Morgan fingerprint density at radius 1 is 0.935 bits per heavy atom. The Labute approximate surface area is 184 Å². The average molecular weight is 425 g/mol. The summed E-state index contributed by atoms with van der Waals surface area (Å²) < 4.78 is 5.44. The number of piperidine rings is 1. The Kier molecular flexibility index (Phi) is 6.74. The summed E-state index contributed by atoms with van der Waals surface area (Å²) in [7, 11) is 0. The molecule has 0 saturated carbocycles. The van der Waals surface area contributed by atoms with Gasteiger partial charge in [-0.2, -0.15) is 0 Å². The van der Waals surface area contributed by atoms with Gasteiger partial charge in [0.15, 0.2) is 11.6 Å². The first-order chi connectivity index (χ1) is 15.1. The normalized spacial score (nSPS) is 17.5. The van der Waals surface area contributed by atoms with Crippen LogP contribution in [0, 0.1) is 5.92 Å². The van der Waals surface area contributed by atoms with Gasteiger partial charge in [-0.3, -0.25) is 0 Å². The van der Waals surface area contributed by atoms with E-state index in [-0.39, 0.29) is 6.03 Å². The van der Waals surface area contributed by atoms with Gasteiger partial charge in [0, 0.05) is 45.0 Å². The van der Waals surface area contributed by atoms with E-state index >= 15 is 0 Å². The van der Waals surface area contributed by atoms with Crippen molar-refractivity contribution >= 4 is 23.4 Å². The maximum absolute atomic E-state index is 12.6. The van der Waals surface area contributed by atoms with E-state index in [0.29, 0.717) is 19.7 Å². The fourth-order valence-electron chi connectivity index (χ4n) is 4.04. The highest BCUT2D eigenvalue weighted by molar-refractivity contribution is 5.89. The van der Waals surface area contributed by atoms with Crippen LogP contribution in [-0.2, 0) is 0 Å². The molecular weight excluding hydrogens is 392 g/mol. The second-order valence-corrected chi connectivity index (χ2v) is 8.28. The van der Waals surface area contributed by atoms with Crippen LogP contribution in [-0.4, -0.2) is 67.0 Å². The molecule has 8 nitrogen and oxygen atoms in total. The summed E-state index contributed by atoms with van der Waals surface area (Å²) in [5.74, 6) is 3.44. The zero-order valence-corrected chi connectivity index (χ0v) is 18.5. The average Bonchev–Trinajstić information content (AvgIpc) is 2.81. The summed E-state index contributed by atoms with van der Waals surface area (Å²) in [6.07, 6.45) is 2.42. The van der Waals surface area contributed by atoms with E-state index in [4.69, 9.17) is 4.74 Å². The topological polar surface area (TPSA) is 73.8 Å². The number of hydrogen-bond acceptors (Lipinski definition) is 6. The SMILES string of the molecule is CCOc1ccc(NC(=O)N2CCN(c3ccc(N4CCC(C)CC4)nn3)CC2)cc1. The van der Waals surface area contributed by atoms with Crippen LogP contribution in [0.4, 0.5) is 22.1 Å². The lowest BCUT2D eigenvalue weighted by Crippen LogP contribution is -2.50. The van der Waals surface area contributed by atoms with Crippen molar-refractivity contribution in [3.8, 4) is 5.75 Å². The smallest absolute Gasteiger partial charge is 0.321 e. The molecule has 0 aliphatic carbocycles. The van der Waals surface area contributed by atoms with Crippen LogP contribution in [0.5, 0.6) is 5.75 Å². The lowest BCUT2D eigenvalue weighted by atomic mass is 9.99. The maximum atomic E-state index is 12.6. The largest absolute Gasteiger partial charge is 0.494 e. The minimum Gasteiger partial charge on any atom is -0.494 e. The summed E-state index contributed by atoms with van der Waals surface area (Å²) in [6.45, 7) is 9.77. The number of amides is 2. The highest BCUT2D eigenvalue weighted by atomic mass is 16.5. The zero-order valence-electron chi connectivity index (χ0n) is 18.5. The third kappa shape index (κ3) is 5.37. The molecule has 1 N–H and O–H groups in total. The van der Waals surface area contributed by atoms with E-state index in [0.717, 1.165) is 55.2 Å². The third-order valence-electron chi connectivity index (χ3n) is 6.05. The molecule has 2 amide bonds. The Balaban J connectivity index is 1.26. The third-order valence-corrected chi connectivity index (χ3v) is 6.05. The molecule has 0 radical (unpaired) electrons. The van der Waals surface area contributed by atoms with Crippen molar-refractivity contribution in [1.29, 1.82) is 0 Å². The minimum absolute atomic E-state index is 0.0791. The first-order valence-electron chi connectivity index (χ1n) is 11.2. The second-order valence-electron chi connectivity index (χ2n) is 8.28. The monoisotopic (exact) mass is 424 g/mol. The van der Waals surface area contributed by atoms with Crippen LogP contribution < -0.4 is 19.9 Å². The van der Waals surface area contributed by atoms with E-state index in [2.05, 4.69) is 44.4 Å². The first kappa shape index (κ1) is 21.2. The molecule has 3 heterocycles. The number of benzene rings is 1. The van der Waals surface area contributed by atoms with Crippen LogP contribution in [0.3, 0.4) is 0 Å². The molecule has 4 rings (SSSR count). The number of nitrogens with one attached hydrogen (secondary N) is 1. The molecule has 0 atom stereocenters. The minimum atomic E-state index is -0.0791. The van der Waals surface area contributed by atoms with Gasteiger partial charge >= 0.3 is 6.03 Å². The van der Waals surface area contributed by atoms with E-state index in [1.807, 2.05) is 36.1 Å². The number of nitrogens with zero attached hydrogens (tertiary/aromatic N) is 5. The quantitative estimate of drug-likeness (QED) is 0.792. The van der Waals surface area contributed by atoms with Crippen LogP contribution in [0.25, 0.3) is 0 Å². The maximum Gasteiger partial charge on any atom is 0.321 e. The van der Waals surface area contributed by atoms with Crippen molar-refractivity contribution in [2.45, 2.75) is 26.7 Å². The van der Waals surface area contributed by atoms with Gasteiger partial charge in [-0.25, -0.2) is 4.79 Å². The molecule has 2 aromatic rings. The van der Waals surface area contributed by atoms with Gasteiger partial charge < -0.3 is 24.8 Å². The van der Waals surface area contributed by atoms with Crippen molar-refractivity contribution in [1.82, 2.24) is 15.1 Å². The summed E-state index contributed by atoms with van der Waals surface area (Å²) in [4.78, 5) is 18.9. The Hall–Kier alpha value is -3.03. The van der Waals surface area contributed by atoms with E-state index in [1.165, 1.54) is 12.8 Å². The van der Waals surface area contributed by atoms with Crippen molar-refractivity contribution < 1.29 is 9.53 Å². The van der Waals surface area contributed by atoms with Crippen molar-refractivity contribution in [2.75, 3.05) is 61.0 Å². The van der Waals surface area contributed by atoms with Gasteiger partial charge in [-0.15, -0.1) is 10.2 Å². The van der Waals surface area contributed by atoms with E-state index in [1.54, 1.807) is 0 Å². The second kappa shape index (κ2) is 9.85. The molecule has 2 fully saturated rings. The molecule has 8 heteroatoms. The summed E-state index contributed by atoms with van der Waals surface area (Å²) in [5.41, 5.74) is 0.768. The highest BCUT2D eigenvalue weighted by Gasteiger charge is 2.23. The summed E-state index contributed by atoms with van der Waals surface area (Å²) in [6, 6.07) is 11.5. The summed E-state index contributed by atoms with van der Waals surface area (Å²) >= 11 is 0. The summed E-state index contributed by atoms with van der Waals surface area (Å²) in [5, 5.41) is 11.9. The molecule has 1 aromatic heterocycles. The van der Waals surface area contributed by atoms with Crippen molar-refractivity contribution in [3.63, 3.8) is 0 Å². The molecule has 0 unspecified atom stereocenters. The Morgan fingerprint density at radius 3 is 2.06 bits per heavy atom. The van der Waals surface area contributed by atoms with Gasteiger partial charge in [0.05, 0.1) is 6.61 Å². The molecular formula is C23H32N6O2. The fraction of sp³-hybridized carbons (Fsp3) is 0.522. The van der Waals surface area contributed by atoms with Crippen molar-refractivity contribution in [3.05, 3.63) is 36.4 Å². The lowest BCUT2D eigenvalue weighted by molar-refractivity contribution is 0.208. The van der Waals surface area contributed by atoms with E-state index < -0.39 is 0 Å². The molecule has 0 spiro atoms. The van der Waals surface area contributed by atoms with Gasteiger partial charge in [-0.05, 0) is 62.1 Å². The number of urea groups is 1. The molecule has 2 aliphatic rings. The highest BCUT2D eigenvalue weighted by Crippen LogP contribution is 2.22. The molecule has 31 heavy (non-hydrogen) atoms. The van der Waals surface area contributed by atoms with Crippen LogP contribution in [0.15, 0.2) is 36.4 Å². The van der Waals surface area contributed by atoms with E-state index in [9.17, 15) is 4.79 Å². The number of carbonyl (C=O) groups excluding carboxylic acids is 1. The number of aromatic nitrogens is 2. The number of carbonyl (C=O) groups is 1. The molecule has 0 bridgehead atoms.